The summed E-state index contributed by atoms with van der Waals surface area (Å²) in [5.74, 6) is -0.250. The number of carbonyl (C=O) groups is 1. The topological polar surface area (TPSA) is 103 Å². The molecule has 168 valence electrons. The Morgan fingerprint density at radius 3 is 2.78 bits per heavy atom. The molecule has 0 radical (unpaired) electrons. The number of hydrogen-bond acceptors (Lipinski definition) is 6. The Bertz CT molecular complexity index is 1260. The van der Waals surface area contributed by atoms with Gasteiger partial charge in [0.05, 0.1) is 24.2 Å². The first-order valence-electron chi connectivity index (χ1n) is 9.77. The average molecular weight is 523 g/mol. The second-order valence-electron chi connectivity index (χ2n) is 6.93. The van der Waals surface area contributed by atoms with Gasteiger partial charge in [-0.2, -0.15) is 9.78 Å². The number of carboxylic acids is 1. The molecule has 10 heteroatoms. The predicted molar refractivity (Wildman–Crippen MR) is 126 cm³/mol. The Hall–Kier alpha value is -2.91. The van der Waals surface area contributed by atoms with Crippen molar-refractivity contribution in [3.8, 4) is 11.5 Å². The lowest BCUT2D eigenvalue weighted by Crippen LogP contribution is -2.24. The molecule has 1 aromatic heterocycles. The standard InChI is InChI=1S/C22H21BrClN3O5/c1-4-5-19-26-17-7-6-14(23)9-16(17)21(28)27(19)25-11-13-8-15(24)10-18(31-3)20(13)32-12(2)22(29)30/h6-12H,4-5H2,1-3H3,(H,29,30)/t12-/m0/s1. The number of carboxylic acid groups (broad SMARTS) is 1. The molecule has 3 aromatic rings. The summed E-state index contributed by atoms with van der Waals surface area (Å²) in [6, 6.07) is 8.34. The molecular weight excluding hydrogens is 502 g/mol. The van der Waals surface area contributed by atoms with E-state index in [-0.39, 0.29) is 17.1 Å². The Labute approximate surface area is 197 Å². The van der Waals surface area contributed by atoms with E-state index in [1.165, 1.54) is 31.0 Å². The molecule has 1 N–H and O–H groups in total. The summed E-state index contributed by atoms with van der Waals surface area (Å²) >= 11 is 9.57. The Balaban J connectivity index is 2.17. The maximum absolute atomic E-state index is 13.2. The van der Waals surface area contributed by atoms with Crippen molar-refractivity contribution in [2.24, 2.45) is 5.10 Å². The van der Waals surface area contributed by atoms with Crippen LogP contribution in [0.3, 0.4) is 0 Å². The molecule has 0 unspecified atom stereocenters. The molecule has 32 heavy (non-hydrogen) atoms. The highest BCUT2D eigenvalue weighted by Crippen LogP contribution is 2.34. The third-order valence-corrected chi connectivity index (χ3v) is 5.28. The molecule has 8 nitrogen and oxygen atoms in total. The van der Waals surface area contributed by atoms with Crippen molar-refractivity contribution in [2.45, 2.75) is 32.8 Å². The highest BCUT2D eigenvalue weighted by molar-refractivity contribution is 9.10. The van der Waals surface area contributed by atoms with E-state index in [1.54, 1.807) is 18.2 Å². The predicted octanol–water partition coefficient (Wildman–Crippen LogP) is 4.51. The first-order chi connectivity index (χ1) is 15.2. The lowest BCUT2D eigenvalue weighted by atomic mass is 10.2. The lowest BCUT2D eigenvalue weighted by Gasteiger charge is -2.16. The van der Waals surface area contributed by atoms with Gasteiger partial charge in [-0.3, -0.25) is 4.79 Å². The number of ether oxygens (including phenoxy) is 2. The number of benzene rings is 2. The van der Waals surface area contributed by atoms with Crippen molar-refractivity contribution in [3.63, 3.8) is 0 Å². The number of hydrogen-bond donors (Lipinski definition) is 1. The van der Waals surface area contributed by atoms with Crippen LogP contribution in [0.25, 0.3) is 10.9 Å². The van der Waals surface area contributed by atoms with Gasteiger partial charge in [-0.15, -0.1) is 0 Å². The maximum atomic E-state index is 13.2. The van der Waals surface area contributed by atoms with Crippen LogP contribution in [-0.4, -0.2) is 40.2 Å². The molecule has 0 aliphatic rings. The molecular formula is C22H21BrClN3O5. The molecule has 1 atom stereocenters. The molecule has 3 rings (SSSR count). The summed E-state index contributed by atoms with van der Waals surface area (Å²) in [5.41, 5.74) is 0.606. The average Bonchev–Trinajstić information content (AvgIpc) is 2.75. The van der Waals surface area contributed by atoms with Gasteiger partial charge in [-0.1, -0.05) is 34.5 Å². The normalized spacial score (nSPS) is 12.3. The molecule has 0 fully saturated rings. The molecule has 0 aliphatic heterocycles. The van der Waals surface area contributed by atoms with Crippen LogP contribution >= 0.6 is 27.5 Å². The molecule has 0 saturated carbocycles. The van der Waals surface area contributed by atoms with E-state index < -0.39 is 12.1 Å². The fourth-order valence-corrected chi connectivity index (χ4v) is 3.59. The Morgan fingerprint density at radius 1 is 1.38 bits per heavy atom. The molecule has 0 amide bonds. The summed E-state index contributed by atoms with van der Waals surface area (Å²) in [5, 5.41) is 14.3. The van der Waals surface area contributed by atoms with E-state index in [1.807, 2.05) is 13.0 Å². The van der Waals surface area contributed by atoms with Crippen LogP contribution in [0.2, 0.25) is 5.02 Å². The lowest BCUT2D eigenvalue weighted by molar-refractivity contribution is -0.144. The minimum absolute atomic E-state index is 0.150. The minimum atomic E-state index is -1.14. The van der Waals surface area contributed by atoms with Crippen LogP contribution in [0.5, 0.6) is 11.5 Å². The number of methoxy groups -OCH3 is 1. The monoisotopic (exact) mass is 521 g/mol. The van der Waals surface area contributed by atoms with Crippen molar-refractivity contribution >= 4 is 50.6 Å². The number of aliphatic carboxylic acids is 1. The van der Waals surface area contributed by atoms with Crippen molar-refractivity contribution in [2.75, 3.05) is 7.11 Å². The van der Waals surface area contributed by atoms with Crippen LogP contribution in [0, 0.1) is 0 Å². The minimum Gasteiger partial charge on any atom is -0.493 e. The van der Waals surface area contributed by atoms with Crippen LogP contribution in [0.4, 0.5) is 0 Å². The summed E-state index contributed by atoms with van der Waals surface area (Å²) in [4.78, 5) is 29.1. The molecule has 0 aliphatic carbocycles. The second kappa shape index (κ2) is 10.1. The third-order valence-electron chi connectivity index (χ3n) is 4.57. The SMILES string of the molecule is CCCc1nc2ccc(Br)cc2c(=O)n1N=Cc1cc(Cl)cc(OC)c1O[C@@H](C)C(=O)O. The number of nitrogens with zero attached hydrogens (tertiary/aromatic N) is 3. The first-order valence-corrected chi connectivity index (χ1v) is 10.9. The van der Waals surface area contributed by atoms with Crippen LogP contribution in [0.15, 0.2) is 44.7 Å². The van der Waals surface area contributed by atoms with Crippen molar-refractivity contribution in [1.29, 1.82) is 0 Å². The number of rotatable bonds is 8. The van der Waals surface area contributed by atoms with Gasteiger partial charge in [-0.25, -0.2) is 9.78 Å². The van der Waals surface area contributed by atoms with E-state index in [9.17, 15) is 14.7 Å². The van der Waals surface area contributed by atoms with Gasteiger partial charge in [0.15, 0.2) is 17.6 Å². The van der Waals surface area contributed by atoms with Gasteiger partial charge < -0.3 is 14.6 Å². The summed E-state index contributed by atoms with van der Waals surface area (Å²) in [6.07, 6.45) is 1.54. The van der Waals surface area contributed by atoms with Gasteiger partial charge in [0.25, 0.3) is 5.56 Å². The van der Waals surface area contributed by atoms with E-state index in [4.69, 9.17) is 21.1 Å². The number of fused-ring (bicyclic) bond motifs is 1. The van der Waals surface area contributed by atoms with Gasteiger partial charge in [-0.05, 0) is 37.6 Å². The zero-order chi connectivity index (χ0) is 23.4. The Kier molecular flexibility index (Phi) is 7.52. The zero-order valence-corrected chi connectivity index (χ0v) is 20.0. The van der Waals surface area contributed by atoms with E-state index in [2.05, 4.69) is 26.0 Å². The smallest absolute Gasteiger partial charge is 0.344 e. The van der Waals surface area contributed by atoms with Gasteiger partial charge in [0.1, 0.15) is 5.82 Å². The third kappa shape index (κ3) is 5.11. The van der Waals surface area contributed by atoms with E-state index in [0.29, 0.717) is 33.7 Å². The van der Waals surface area contributed by atoms with Crippen LogP contribution in [-0.2, 0) is 11.2 Å². The molecule has 0 spiro atoms. The molecule has 0 bridgehead atoms. The maximum Gasteiger partial charge on any atom is 0.344 e. The molecule has 2 aromatic carbocycles. The van der Waals surface area contributed by atoms with Crippen molar-refractivity contribution in [1.82, 2.24) is 9.66 Å². The molecule has 0 saturated heterocycles. The van der Waals surface area contributed by atoms with Crippen molar-refractivity contribution < 1.29 is 19.4 Å². The van der Waals surface area contributed by atoms with Crippen LogP contribution < -0.4 is 15.0 Å². The number of aromatic nitrogens is 2. The number of aryl methyl sites for hydroxylation is 1. The van der Waals surface area contributed by atoms with Crippen molar-refractivity contribution in [3.05, 3.63) is 61.6 Å². The summed E-state index contributed by atoms with van der Waals surface area (Å²) in [6.45, 7) is 3.37. The quantitative estimate of drug-likeness (QED) is 0.437. The summed E-state index contributed by atoms with van der Waals surface area (Å²) in [7, 11) is 1.42. The fourth-order valence-electron chi connectivity index (χ4n) is 3.01. The van der Waals surface area contributed by atoms with E-state index in [0.717, 1.165) is 10.9 Å². The largest absolute Gasteiger partial charge is 0.493 e. The summed E-state index contributed by atoms with van der Waals surface area (Å²) < 4.78 is 12.9. The second-order valence-corrected chi connectivity index (χ2v) is 8.28. The number of halogens is 2. The van der Waals surface area contributed by atoms with E-state index >= 15 is 0 Å². The zero-order valence-electron chi connectivity index (χ0n) is 17.6. The highest BCUT2D eigenvalue weighted by atomic mass is 79.9. The highest BCUT2D eigenvalue weighted by Gasteiger charge is 2.19. The van der Waals surface area contributed by atoms with Gasteiger partial charge in [0, 0.05) is 27.5 Å². The molecule has 1 heterocycles. The first kappa shape index (κ1) is 23.7. The van der Waals surface area contributed by atoms with Crippen LogP contribution in [0.1, 0.15) is 31.7 Å². The van der Waals surface area contributed by atoms with Gasteiger partial charge in [0.2, 0.25) is 0 Å². The Morgan fingerprint density at radius 2 is 2.12 bits per heavy atom. The van der Waals surface area contributed by atoms with Gasteiger partial charge >= 0.3 is 5.97 Å². The fraction of sp³-hybridized carbons (Fsp3) is 0.273.